The van der Waals surface area contributed by atoms with Crippen molar-refractivity contribution in [2.75, 3.05) is 19.7 Å². The number of hydrogen-bond donors (Lipinski definition) is 3. The van der Waals surface area contributed by atoms with E-state index in [1.54, 1.807) is 0 Å². The molecule has 0 atom stereocenters. The van der Waals surface area contributed by atoms with E-state index in [1.165, 1.54) is 0 Å². The molecule has 3 N–H and O–H groups in total. The molecule has 2 aromatic carbocycles. The van der Waals surface area contributed by atoms with Crippen LogP contribution >= 0.6 is 0 Å². The minimum atomic E-state index is -0.969. The van der Waals surface area contributed by atoms with Crippen LogP contribution in [0.4, 0.5) is 4.79 Å². The van der Waals surface area contributed by atoms with Crippen molar-refractivity contribution in [2.24, 2.45) is 11.8 Å². The van der Waals surface area contributed by atoms with E-state index in [2.05, 4.69) is 10.6 Å². The number of nitrogens with one attached hydrogen (secondary N) is 2. The first-order valence-electron chi connectivity index (χ1n) is 11.9. The normalized spacial score (nSPS) is 17.8. The number of para-hydroxylation sites is 1. The molecule has 0 radical (unpaired) electrons. The summed E-state index contributed by atoms with van der Waals surface area (Å²) < 4.78 is 5.53. The smallest absolute Gasteiger partial charge is 0.404 e. The first-order valence-corrected chi connectivity index (χ1v) is 11.9. The molecule has 1 fully saturated rings. The van der Waals surface area contributed by atoms with Gasteiger partial charge in [0.05, 0.1) is 23.4 Å². The van der Waals surface area contributed by atoms with Gasteiger partial charge in [0, 0.05) is 24.0 Å². The zero-order chi connectivity index (χ0) is 23.9. The summed E-state index contributed by atoms with van der Waals surface area (Å²) in [6.45, 7) is 3.68. The summed E-state index contributed by atoms with van der Waals surface area (Å²) in [4.78, 5) is 28.7. The van der Waals surface area contributed by atoms with Crippen molar-refractivity contribution in [1.29, 1.82) is 0 Å². The fourth-order valence-corrected chi connectivity index (χ4v) is 4.60. The Kier molecular flexibility index (Phi) is 7.62. The lowest BCUT2D eigenvalue weighted by atomic mass is 9.82. The second-order valence-electron chi connectivity index (χ2n) is 8.81. The number of hydrogen-bond acceptors (Lipinski definition) is 4. The Hall–Kier alpha value is -3.61. The average molecular weight is 462 g/mol. The van der Waals surface area contributed by atoms with Crippen molar-refractivity contribution in [1.82, 2.24) is 15.6 Å². The van der Waals surface area contributed by atoms with Crippen LogP contribution in [0.25, 0.3) is 22.2 Å². The highest BCUT2D eigenvalue weighted by Gasteiger charge is 2.22. The van der Waals surface area contributed by atoms with Crippen molar-refractivity contribution in [2.45, 2.75) is 32.6 Å². The third-order valence-corrected chi connectivity index (χ3v) is 6.48. The first-order chi connectivity index (χ1) is 16.5. The molecule has 4 rings (SSSR count). The fraction of sp³-hybridized carbons (Fsp3) is 0.370. The van der Waals surface area contributed by atoms with E-state index in [9.17, 15) is 9.59 Å². The van der Waals surface area contributed by atoms with Gasteiger partial charge in [-0.05, 0) is 80.8 Å². The molecular weight excluding hydrogens is 430 g/mol. The lowest BCUT2D eigenvalue weighted by Crippen LogP contribution is -2.34. The van der Waals surface area contributed by atoms with Gasteiger partial charge in [-0.1, -0.05) is 18.2 Å². The predicted octanol–water partition coefficient (Wildman–Crippen LogP) is 5.10. The molecule has 1 heterocycles. The molecule has 1 aliphatic rings. The standard InChI is InChI=1S/C27H31N3O4/c1-2-34-21-13-11-20(12-14-21)25-15-23(22-5-3-4-6-24(22)30-25)26(31)28-16-18-7-9-19(10-8-18)17-29-27(32)33/h3-6,11-15,18-19,29H,2,7-10,16-17H2,1H3,(H,28,31)(H,32,33)/t18-,19-. The zero-order valence-corrected chi connectivity index (χ0v) is 19.4. The number of carbonyl (C=O) groups excluding carboxylic acids is 1. The van der Waals surface area contributed by atoms with Crippen LogP contribution in [-0.4, -0.2) is 41.8 Å². The quantitative estimate of drug-likeness (QED) is 0.433. The van der Waals surface area contributed by atoms with Gasteiger partial charge >= 0.3 is 6.09 Å². The molecule has 1 saturated carbocycles. The maximum Gasteiger partial charge on any atom is 0.404 e. The van der Waals surface area contributed by atoms with Gasteiger partial charge in [-0.3, -0.25) is 4.79 Å². The van der Waals surface area contributed by atoms with Gasteiger partial charge in [-0.2, -0.15) is 0 Å². The number of amides is 2. The van der Waals surface area contributed by atoms with Gasteiger partial charge in [0.2, 0.25) is 0 Å². The summed E-state index contributed by atoms with van der Waals surface area (Å²) in [6, 6.07) is 17.3. The Balaban J connectivity index is 1.45. The summed E-state index contributed by atoms with van der Waals surface area (Å²) in [7, 11) is 0. The lowest BCUT2D eigenvalue weighted by molar-refractivity contribution is 0.0942. The summed E-state index contributed by atoms with van der Waals surface area (Å²) in [5, 5.41) is 15.2. The highest BCUT2D eigenvalue weighted by Crippen LogP contribution is 2.29. The van der Waals surface area contributed by atoms with E-state index < -0.39 is 6.09 Å². The number of benzene rings is 2. The van der Waals surface area contributed by atoms with Gasteiger partial charge in [0.25, 0.3) is 5.91 Å². The van der Waals surface area contributed by atoms with Crippen LogP contribution in [0.1, 0.15) is 43.0 Å². The van der Waals surface area contributed by atoms with Crippen LogP contribution < -0.4 is 15.4 Å². The van der Waals surface area contributed by atoms with Crippen LogP contribution in [0.5, 0.6) is 5.75 Å². The number of ether oxygens (including phenoxy) is 1. The van der Waals surface area contributed by atoms with Crippen LogP contribution in [0.2, 0.25) is 0 Å². The van der Waals surface area contributed by atoms with E-state index in [1.807, 2.05) is 61.5 Å². The van der Waals surface area contributed by atoms with E-state index in [4.69, 9.17) is 14.8 Å². The summed E-state index contributed by atoms with van der Waals surface area (Å²) >= 11 is 0. The molecule has 34 heavy (non-hydrogen) atoms. The predicted molar refractivity (Wildman–Crippen MR) is 132 cm³/mol. The molecule has 178 valence electrons. The highest BCUT2D eigenvalue weighted by molar-refractivity contribution is 6.07. The summed E-state index contributed by atoms with van der Waals surface area (Å²) in [5.74, 6) is 1.49. The highest BCUT2D eigenvalue weighted by atomic mass is 16.5. The lowest BCUT2D eigenvalue weighted by Gasteiger charge is -2.28. The number of carbonyl (C=O) groups is 2. The first kappa shape index (κ1) is 23.5. The van der Waals surface area contributed by atoms with E-state index in [-0.39, 0.29) is 5.91 Å². The summed E-state index contributed by atoms with van der Waals surface area (Å²) in [6.07, 6.45) is 2.95. The van der Waals surface area contributed by atoms with E-state index >= 15 is 0 Å². The molecule has 7 heteroatoms. The SMILES string of the molecule is CCOc1ccc(-c2cc(C(=O)NC[C@H]3CC[C@H](CNC(=O)O)CC3)c3ccccc3n2)cc1. The number of carboxylic acid groups (broad SMARTS) is 1. The molecule has 1 aliphatic carbocycles. The second kappa shape index (κ2) is 11.0. The van der Waals surface area contributed by atoms with Crippen LogP contribution in [0.3, 0.4) is 0 Å². The van der Waals surface area contributed by atoms with Gasteiger partial charge < -0.3 is 20.5 Å². The number of pyridine rings is 1. The van der Waals surface area contributed by atoms with Crippen molar-refractivity contribution in [3.63, 3.8) is 0 Å². The molecule has 0 saturated heterocycles. The van der Waals surface area contributed by atoms with Gasteiger partial charge in [-0.15, -0.1) is 0 Å². The largest absolute Gasteiger partial charge is 0.494 e. The second-order valence-corrected chi connectivity index (χ2v) is 8.81. The molecule has 0 bridgehead atoms. The topological polar surface area (TPSA) is 101 Å². The number of rotatable bonds is 8. The third-order valence-electron chi connectivity index (χ3n) is 6.48. The van der Waals surface area contributed by atoms with Gasteiger partial charge in [-0.25, -0.2) is 9.78 Å². The number of fused-ring (bicyclic) bond motifs is 1. The van der Waals surface area contributed by atoms with Gasteiger partial charge in [0.1, 0.15) is 5.75 Å². The Labute approximate surface area is 199 Å². The van der Waals surface area contributed by atoms with Crippen LogP contribution in [-0.2, 0) is 0 Å². The number of aromatic nitrogens is 1. The van der Waals surface area contributed by atoms with Crippen molar-refractivity contribution in [3.8, 4) is 17.0 Å². The average Bonchev–Trinajstić information content (AvgIpc) is 2.86. The van der Waals surface area contributed by atoms with Crippen molar-refractivity contribution < 1.29 is 19.4 Å². The van der Waals surface area contributed by atoms with Gasteiger partial charge in [0.15, 0.2) is 0 Å². The minimum Gasteiger partial charge on any atom is -0.494 e. The Bertz CT molecular complexity index is 1140. The van der Waals surface area contributed by atoms with E-state index in [0.717, 1.165) is 53.6 Å². The molecule has 0 spiro atoms. The van der Waals surface area contributed by atoms with Crippen LogP contribution in [0, 0.1) is 11.8 Å². The Morgan fingerprint density at radius 1 is 0.971 bits per heavy atom. The zero-order valence-electron chi connectivity index (χ0n) is 19.4. The Morgan fingerprint density at radius 2 is 1.62 bits per heavy atom. The third kappa shape index (κ3) is 5.84. The monoisotopic (exact) mass is 461 g/mol. The molecule has 7 nitrogen and oxygen atoms in total. The molecular formula is C27H31N3O4. The fourth-order valence-electron chi connectivity index (χ4n) is 4.60. The summed E-state index contributed by atoms with van der Waals surface area (Å²) in [5.41, 5.74) is 3.08. The molecule has 2 amide bonds. The maximum atomic E-state index is 13.2. The Morgan fingerprint density at radius 3 is 2.26 bits per heavy atom. The van der Waals surface area contributed by atoms with Crippen molar-refractivity contribution in [3.05, 3.63) is 60.2 Å². The van der Waals surface area contributed by atoms with E-state index in [0.29, 0.717) is 37.1 Å². The molecule has 3 aromatic rings. The van der Waals surface area contributed by atoms with Crippen molar-refractivity contribution >= 4 is 22.9 Å². The molecule has 1 aromatic heterocycles. The van der Waals surface area contributed by atoms with Crippen LogP contribution in [0.15, 0.2) is 54.6 Å². The minimum absolute atomic E-state index is 0.0968. The number of nitrogens with zero attached hydrogens (tertiary/aromatic N) is 1. The molecule has 0 unspecified atom stereocenters. The molecule has 0 aliphatic heterocycles. The maximum absolute atomic E-state index is 13.2.